The van der Waals surface area contributed by atoms with Crippen LogP contribution >= 0.6 is 0 Å². The van der Waals surface area contributed by atoms with Crippen LogP contribution < -0.4 is 5.73 Å². The van der Waals surface area contributed by atoms with Crippen LogP contribution in [0.3, 0.4) is 0 Å². The third kappa shape index (κ3) is 4.04. The fourth-order valence-corrected chi connectivity index (χ4v) is 4.90. The van der Waals surface area contributed by atoms with Crippen molar-refractivity contribution >= 4 is 15.9 Å². The highest BCUT2D eigenvalue weighted by atomic mass is 32.2. The summed E-state index contributed by atoms with van der Waals surface area (Å²) < 4.78 is 27.0. The molecule has 2 N–H and O–H groups in total. The lowest BCUT2D eigenvalue weighted by atomic mass is 10.0. The molecule has 3 rings (SSSR count). The van der Waals surface area contributed by atoms with Crippen molar-refractivity contribution in [3.05, 3.63) is 29.8 Å². The van der Waals surface area contributed by atoms with Crippen LogP contribution in [-0.2, 0) is 10.0 Å². The summed E-state index contributed by atoms with van der Waals surface area (Å²) in [5.41, 5.74) is 6.40. The summed E-state index contributed by atoms with van der Waals surface area (Å²) in [6.07, 6.45) is 3.41. The van der Waals surface area contributed by atoms with E-state index in [1.54, 1.807) is 33.5 Å². The van der Waals surface area contributed by atoms with Crippen LogP contribution in [0.4, 0.5) is 0 Å². The molecule has 2 fully saturated rings. The lowest BCUT2D eigenvalue weighted by Gasteiger charge is -2.30. The molecule has 2 heterocycles. The van der Waals surface area contributed by atoms with Gasteiger partial charge in [0, 0.05) is 37.8 Å². The minimum absolute atomic E-state index is 0.0531. The quantitative estimate of drug-likeness (QED) is 0.883. The first-order chi connectivity index (χ1) is 11.9. The molecule has 1 aromatic carbocycles. The monoisotopic (exact) mass is 365 g/mol. The normalized spacial score (nSPS) is 21.4. The van der Waals surface area contributed by atoms with E-state index in [1.807, 2.05) is 0 Å². The summed E-state index contributed by atoms with van der Waals surface area (Å²) in [6.45, 7) is 4.60. The van der Waals surface area contributed by atoms with Crippen LogP contribution in [0.15, 0.2) is 29.2 Å². The molecule has 0 radical (unpaired) electrons. The molecule has 0 spiro atoms. The van der Waals surface area contributed by atoms with Crippen molar-refractivity contribution in [3.63, 3.8) is 0 Å². The maximum Gasteiger partial charge on any atom is 0.253 e. The van der Waals surface area contributed by atoms with Crippen molar-refractivity contribution in [1.82, 2.24) is 9.21 Å². The molecule has 2 aliphatic heterocycles. The lowest BCUT2D eigenvalue weighted by molar-refractivity contribution is 0.0714. The highest BCUT2D eigenvalue weighted by molar-refractivity contribution is 7.89. The fourth-order valence-electron chi connectivity index (χ4n) is 3.43. The van der Waals surface area contributed by atoms with Gasteiger partial charge < -0.3 is 10.6 Å². The first kappa shape index (κ1) is 18.4. The zero-order valence-corrected chi connectivity index (χ0v) is 15.5. The first-order valence-electron chi connectivity index (χ1n) is 9.03. The Balaban J connectivity index is 1.70. The molecule has 138 valence electrons. The van der Waals surface area contributed by atoms with Gasteiger partial charge in [0.1, 0.15) is 0 Å². The number of nitrogens with zero attached hydrogens (tertiary/aromatic N) is 2. The number of piperidine rings is 2. The van der Waals surface area contributed by atoms with Crippen molar-refractivity contribution in [2.75, 3.05) is 26.2 Å². The standard InChI is InChI=1S/C18H27N3O3S/c1-14-6-12-21(13-7-14)25(23,24)17-4-2-15(3-5-17)18(22)20-10-8-16(19)9-11-20/h2-5,14,16H,6-13,19H2,1H3. The Labute approximate surface area is 150 Å². The van der Waals surface area contributed by atoms with Crippen LogP contribution in [0.1, 0.15) is 43.0 Å². The number of rotatable bonds is 3. The Hall–Kier alpha value is -1.44. The van der Waals surface area contributed by atoms with Gasteiger partial charge in [-0.1, -0.05) is 6.92 Å². The second-order valence-electron chi connectivity index (χ2n) is 7.24. The average molecular weight is 365 g/mol. The van der Waals surface area contributed by atoms with Crippen molar-refractivity contribution in [1.29, 1.82) is 0 Å². The van der Waals surface area contributed by atoms with Crippen molar-refractivity contribution in [2.45, 2.75) is 43.5 Å². The van der Waals surface area contributed by atoms with Crippen molar-refractivity contribution < 1.29 is 13.2 Å². The van der Waals surface area contributed by atoms with Crippen LogP contribution in [0.5, 0.6) is 0 Å². The topological polar surface area (TPSA) is 83.7 Å². The summed E-state index contributed by atoms with van der Waals surface area (Å²) >= 11 is 0. The van der Waals surface area contributed by atoms with E-state index in [4.69, 9.17) is 5.73 Å². The largest absolute Gasteiger partial charge is 0.339 e. The maximum absolute atomic E-state index is 12.7. The average Bonchev–Trinajstić information content (AvgIpc) is 2.62. The van der Waals surface area contributed by atoms with Gasteiger partial charge in [0.15, 0.2) is 0 Å². The van der Waals surface area contributed by atoms with Crippen molar-refractivity contribution in [2.24, 2.45) is 11.7 Å². The minimum atomic E-state index is -3.47. The van der Waals surface area contributed by atoms with E-state index in [-0.39, 0.29) is 16.8 Å². The zero-order valence-electron chi connectivity index (χ0n) is 14.7. The highest BCUT2D eigenvalue weighted by Gasteiger charge is 2.28. The number of likely N-dealkylation sites (tertiary alicyclic amines) is 1. The summed E-state index contributed by atoms with van der Waals surface area (Å²) in [4.78, 5) is 14.6. The molecular weight excluding hydrogens is 338 g/mol. The molecular formula is C18H27N3O3S. The highest BCUT2D eigenvalue weighted by Crippen LogP contribution is 2.24. The van der Waals surface area contributed by atoms with Gasteiger partial charge in [0.2, 0.25) is 10.0 Å². The summed E-state index contributed by atoms with van der Waals surface area (Å²) in [5, 5.41) is 0. The van der Waals surface area contributed by atoms with Gasteiger partial charge in [0.25, 0.3) is 5.91 Å². The third-order valence-electron chi connectivity index (χ3n) is 5.31. The molecule has 6 nitrogen and oxygen atoms in total. The molecule has 1 aromatic rings. The molecule has 0 aliphatic carbocycles. The number of carbonyl (C=O) groups excluding carboxylic acids is 1. The Bertz CT molecular complexity index is 702. The van der Waals surface area contributed by atoms with Crippen LogP contribution in [0, 0.1) is 5.92 Å². The number of amides is 1. The van der Waals surface area contributed by atoms with Crippen molar-refractivity contribution in [3.8, 4) is 0 Å². The predicted molar refractivity (Wildman–Crippen MR) is 96.7 cm³/mol. The second-order valence-corrected chi connectivity index (χ2v) is 9.18. The number of carbonyl (C=O) groups is 1. The van der Waals surface area contributed by atoms with Gasteiger partial charge in [0.05, 0.1) is 4.90 Å². The molecule has 2 saturated heterocycles. The Morgan fingerprint density at radius 1 is 1.00 bits per heavy atom. The number of hydrogen-bond donors (Lipinski definition) is 1. The molecule has 0 saturated carbocycles. The van der Waals surface area contributed by atoms with Gasteiger partial charge in [-0.3, -0.25) is 4.79 Å². The van der Waals surface area contributed by atoms with E-state index in [2.05, 4.69) is 6.92 Å². The molecule has 0 atom stereocenters. The third-order valence-corrected chi connectivity index (χ3v) is 7.22. The molecule has 1 amide bonds. The lowest BCUT2D eigenvalue weighted by Crippen LogP contribution is -2.42. The SMILES string of the molecule is CC1CCN(S(=O)(=O)c2ccc(C(=O)N3CCC(N)CC3)cc2)CC1. The van der Waals surface area contributed by atoms with Gasteiger partial charge in [-0.15, -0.1) is 0 Å². The van der Waals surface area contributed by atoms with Crippen LogP contribution in [-0.4, -0.2) is 55.8 Å². The second kappa shape index (κ2) is 7.43. The van der Waals surface area contributed by atoms with Gasteiger partial charge in [-0.25, -0.2) is 8.42 Å². The molecule has 2 aliphatic rings. The van der Waals surface area contributed by atoms with Gasteiger partial charge >= 0.3 is 0 Å². The molecule has 7 heteroatoms. The van der Waals surface area contributed by atoms with E-state index < -0.39 is 10.0 Å². The van der Waals surface area contributed by atoms with E-state index >= 15 is 0 Å². The van der Waals surface area contributed by atoms with E-state index in [1.165, 1.54) is 0 Å². The zero-order chi connectivity index (χ0) is 18.0. The number of hydrogen-bond acceptors (Lipinski definition) is 4. The molecule has 0 bridgehead atoms. The van der Waals surface area contributed by atoms with E-state index in [0.29, 0.717) is 37.7 Å². The number of benzene rings is 1. The fraction of sp³-hybridized carbons (Fsp3) is 0.611. The summed E-state index contributed by atoms with van der Waals surface area (Å²) in [7, 11) is -3.47. The molecule has 25 heavy (non-hydrogen) atoms. The predicted octanol–water partition coefficient (Wildman–Crippen LogP) is 1.67. The summed E-state index contributed by atoms with van der Waals surface area (Å²) in [6, 6.07) is 6.52. The maximum atomic E-state index is 12.7. The Morgan fingerprint density at radius 2 is 1.56 bits per heavy atom. The molecule has 0 unspecified atom stereocenters. The smallest absolute Gasteiger partial charge is 0.253 e. The Kier molecular flexibility index (Phi) is 5.46. The number of nitrogens with two attached hydrogens (primary N) is 1. The Morgan fingerprint density at radius 3 is 2.12 bits per heavy atom. The minimum Gasteiger partial charge on any atom is -0.339 e. The van der Waals surface area contributed by atoms with Crippen LogP contribution in [0.2, 0.25) is 0 Å². The van der Waals surface area contributed by atoms with Crippen LogP contribution in [0.25, 0.3) is 0 Å². The van der Waals surface area contributed by atoms with E-state index in [0.717, 1.165) is 25.7 Å². The summed E-state index contributed by atoms with van der Waals surface area (Å²) in [5.74, 6) is 0.520. The van der Waals surface area contributed by atoms with Gasteiger partial charge in [-0.05, 0) is 55.9 Å². The molecule has 0 aromatic heterocycles. The first-order valence-corrected chi connectivity index (χ1v) is 10.5. The van der Waals surface area contributed by atoms with E-state index in [9.17, 15) is 13.2 Å². The van der Waals surface area contributed by atoms with Gasteiger partial charge in [-0.2, -0.15) is 4.31 Å². The number of sulfonamides is 1.